The van der Waals surface area contributed by atoms with E-state index in [0.717, 1.165) is 71.2 Å². The van der Waals surface area contributed by atoms with Crippen LogP contribution in [0, 0.1) is 26.6 Å². The van der Waals surface area contributed by atoms with Crippen LogP contribution in [0.5, 0.6) is 0 Å². The van der Waals surface area contributed by atoms with Crippen molar-refractivity contribution in [1.29, 1.82) is 0 Å². The highest BCUT2D eigenvalue weighted by molar-refractivity contribution is 5.48. The topological polar surface area (TPSA) is 55.6 Å². The molecule has 0 amide bonds. The molecule has 1 aliphatic rings. The molecule has 4 aromatic rings. The second-order valence-corrected chi connectivity index (χ2v) is 8.88. The third kappa shape index (κ3) is 4.79. The Hall–Kier alpha value is -3.16. The zero-order chi connectivity index (χ0) is 22.9. The molecule has 0 spiro atoms. The minimum Gasteiger partial charge on any atom is -0.369 e. The van der Waals surface area contributed by atoms with Crippen molar-refractivity contribution in [3.8, 4) is 0 Å². The Labute approximate surface area is 193 Å². The molecule has 3 aromatic heterocycles. The van der Waals surface area contributed by atoms with E-state index in [-0.39, 0.29) is 11.9 Å². The summed E-state index contributed by atoms with van der Waals surface area (Å²) in [5, 5.41) is 4.53. The second kappa shape index (κ2) is 9.00. The van der Waals surface area contributed by atoms with Crippen LogP contribution in [0.15, 0.2) is 48.7 Å². The molecule has 1 saturated heterocycles. The predicted octanol–water partition coefficient (Wildman–Crippen LogP) is 4.35. The number of hydrogen-bond acceptors (Lipinski definition) is 5. The van der Waals surface area contributed by atoms with Gasteiger partial charge in [0, 0.05) is 42.3 Å². The van der Waals surface area contributed by atoms with Gasteiger partial charge in [0.25, 0.3) is 0 Å². The van der Waals surface area contributed by atoms with Crippen molar-refractivity contribution >= 4 is 5.65 Å². The van der Waals surface area contributed by atoms with E-state index in [4.69, 9.17) is 14.7 Å². The SMILES string of the molecule is Cc1cc(Cc2ccc(F)cc2)cc(C2CN(Cc3cnn4c(C)cc(C)nc34)CCO2)n1. The summed E-state index contributed by atoms with van der Waals surface area (Å²) in [6.45, 7) is 9.11. The summed E-state index contributed by atoms with van der Waals surface area (Å²) in [5.41, 5.74) is 8.26. The van der Waals surface area contributed by atoms with Gasteiger partial charge in [0.1, 0.15) is 11.9 Å². The molecule has 1 atom stereocenters. The maximum Gasteiger partial charge on any atom is 0.159 e. The van der Waals surface area contributed by atoms with Crippen molar-refractivity contribution < 1.29 is 9.13 Å². The molecule has 5 rings (SSSR count). The van der Waals surface area contributed by atoms with Gasteiger partial charge >= 0.3 is 0 Å². The lowest BCUT2D eigenvalue weighted by Crippen LogP contribution is -2.38. The Morgan fingerprint density at radius 1 is 1.00 bits per heavy atom. The number of hydrogen-bond donors (Lipinski definition) is 0. The monoisotopic (exact) mass is 445 g/mol. The van der Waals surface area contributed by atoms with Gasteiger partial charge in [-0.05, 0) is 68.7 Å². The summed E-state index contributed by atoms with van der Waals surface area (Å²) >= 11 is 0. The molecule has 1 unspecified atom stereocenters. The van der Waals surface area contributed by atoms with Crippen molar-refractivity contribution in [3.05, 3.63) is 93.9 Å². The molecule has 0 N–H and O–H groups in total. The number of morpholine rings is 1. The minimum atomic E-state index is -0.215. The van der Waals surface area contributed by atoms with E-state index >= 15 is 0 Å². The third-order valence-electron chi connectivity index (χ3n) is 6.08. The highest BCUT2D eigenvalue weighted by Crippen LogP contribution is 2.25. The molecule has 0 radical (unpaired) electrons. The first-order valence-electron chi connectivity index (χ1n) is 11.3. The first kappa shape index (κ1) is 21.7. The van der Waals surface area contributed by atoms with E-state index in [9.17, 15) is 4.39 Å². The third-order valence-corrected chi connectivity index (χ3v) is 6.08. The number of aryl methyl sites for hydroxylation is 3. The summed E-state index contributed by atoms with van der Waals surface area (Å²) in [6, 6.07) is 12.9. The summed E-state index contributed by atoms with van der Waals surface area (Å²) in [4.78, 5) is 11.9. The van der Waals surface area contributed by atoms with Crippen LogP contribution in [0.3, 0.4) is 0 Å². The predicted molar refractivity (Wildman–Crippen MR) is 125 cm³/mol. The fraction of sp³-hybridized carbons (Fsp3) is 0.346. The fourth-order valence-electron chi connectivity index (χ4n) is 4.57. The molecule has 0 bridgehead atoms. The van der Waals surface area contributed by atoms with Crippen molar-refractivity contribution in [3.63, 3.8) is 0 Å². The van der Waals surface area contributed by atoms with E-state index in [0.29, 0.717) is 6.61 Å². The van der Waals surface area contributed by atoms with Gasteiger partial charge in [-0.2, -0.15) is 5.10 Å². The molecular weight excluding hydrogens is 417 g/mol. The van der Waals surface area contributed by atoms with E-state index < -0.39 is 0 Å². The maximum absolute atomic E-state index is 13.3. The Kier molecular flexibility index (Phi) is 5.91. The van der Waals surface area contributed by atoms with E-state index in [2.05, 4.69) is 29.1 Å². The quantitative estimate of drug-likeness (QED) is 0.457. The average Bonchev–Trinajstić information content (AvgIpc) is 3.18. The van der Waals surface area contributed by atoms with Crippen molar-refractivity contribution in [1.82, 2.24) is 24.5 Å². The molecule has 33 heavy (non-hydrogen) atoms. The van der Waals surface area contributed by atoms with E-state index in [1.165, 1.54) is 12.1 Å². The van der Waals surface area contributed by atoms with Gasteiger partial charge in [-0.1, -0.05) is 12.1 Å². The second-order valence-electron chi connectivity index (χ2n) is 8.88. The van der Waals surface area contributed by atoms with Crippen LogP contribution < -0.4 is 0 Å². The maximum atomic E-state index is 13.3. The number of halogens is 1. The molecule has 0 aliphatic carbocycles. The van der Waals surface area contributed by atoms with Crippen LogP contribution in [0.2, 0.25) is 0 Å². The Balaban J connectivity index is 1.33. The average molecular weight is 446 g/mol. The minimum absolute atomic E-state index is 0.0936. The summed E-state index contributed by atoms with van der Waals surface area (Å²) < 4.78 is 21.3. The largest absolute Gasteiger partial charge is 0.369 e. The van der Waals surface area contributed by atoms with Gasteiger partial charge in [0.2, 0.25) is 0 Å². The number of rotatable bonds is 5. The number of benzene rings is 1. The summed E-state index contributed by atoms with van der Waals surface area (Å²) in [7, 11) is 0. The Morgan fingerprint density at radius 3 is 2.61 bits per heavy atom. The molecule has 7 heteroatoms. The lowest BCUT2D eigenvalue weighted by Gasteiger charge is -2.32. The summed E-state index contributed by atoms with van der Waals surface area (Å²) in [5.74, 6) is -0.215. The van der Waals surface area contributed by atoms with Crippen molar-refractivity contribution in [2.24, 2.45) is 0 Å². The van der Waals surface area contributed by atoms with Crippen LogP contribution in [-0.4, -0.2) is 44.2 Å². The first-order chi connectivity index (χ1) is 15.9. The normalized spacial score (nSPS) is 17.0. The number of aromatic nitrogens is 4. The van der Waals surface area contributed by atoms with E-state index in [1.54, 1.807) is 0 Å². The first-order valence-corrected chi connectivity index (χ1v) is 11.3. The van der Waals surface area contributed by atoms with Gasteiger partial charge in [-0.15, -0.1) is 0 Å². The molecular formula is C26H28FN5O. The van der Waals surface area contributed by atoms with Crippen molar-refractivity contribution in [2.45, 2.75) is 39.8 Å². The van der Waals surface area contributed by atoms with Gasteiger partial charge in [0.15, 0.2) is 5.65 Å². The summed E-state index contributed by atoms with van der Waals surface area (Å²) in [6.07, 6.45) is 2.56. The smallest absolute Gasteiger partial charge is 0.159 e. The molecule has 1 aliphatic heterocycles. The Bertz CT molecular complexity index is 1280. The van der Waals surface area contributed by atoms with Crippen LogP contribution in [0.1, 0.15) is 45.6 Å². The Morgan fingerprint density at radius 2 is 1.79 bits per heavy atom. The number of fused-ring (bicyclic) bond motifs is 1. The molecule has 170 valence electrons. The number of ether oxygens (including phenoxy) is 1. The standard InChI is InChI=1S/C26H28FN5O/c1-17-10-19(3)32-26(30-17)22(14-28-32)15-31-8-9-33-25(16-31)24-13-21(11-18(2)29-24)12-20-4-6-23(27)7-5-20/h4-7,10-11,13-14,25H,8-9,12,15-16H2,1-3H3. The van der Waals surface area contributed by atoms with Crippen molar-refractivity contribution in [2.75, 3.05) is 19.7 Å². The molecule has 6 nitrogen and oxygen atoms in total. The molecule has 1 fully saturated rings. The van der Waals surface area contributed by atoms with Crippen LogP contribution in [0.25, 0.3) is 5.65 Å². The highest BCUT2D eigenvalue weighted by atomic mass is 19.1. The zero-order valence-electron chi connectivity index (χ0n) is 19.3. The lowest BCUT2D eigenvalue weighted by atomic mass is 10.0. The number of nitrogens with zero attached hydrogens (tertiary/aromatic N) is 5. The van der Waals surface area contributed by atoms with Gasteiger partial charge in [0.05, 0.1) is 18.5 Å². The zero-order valence-corrected chi connectivity index (χ0v) is 19.3. The van der Waals surface area contributed by atoms with Crippen LogP contribution >= 0.6 is 0 Å². The van der Waals surface area contributed by atoms with Gasteiger partial charge in [-0.3, -0.25) is 9.88 Å². The van der Waals surface area contributed by atoms with Crippen LogP contribution in [0.4, 0.5) is 4.39 Å². The fourth-order valence-corrected chi connectivity index (χ4v) is 4.57. The van der Waals surface area contributed by atoms with Crippen LogP contribution in [-0.2, 0) is 17.7 Å². The highest BCUT2D eigenvalue weighted by Gasteiger charge is 2.25. The number of pyridine rings is 1. The van der Waals surface area contributed by atoms with Gasteiger partial charge in [-0.25, -0.2) is 13.9 Å². The molecule has 0 saturated carbocycles. The molecule has 1 aromatic carbocycles. The lowest BCUT2D eigenvalue weighted by molar-refractivity contribution is -0.0349. The van der Waals surface area contributed by atoms with E-state index in [1.807, 2.05) is 42.8 Å². The van der Waals surface area contributed by atoms with Gasteiger partial charge < -0.3 is 4.74 Å². The molecule has 4 heterocycles.